The summed E-state index contributed by atoms with van der Waals surface area (Å²) in [7, 11) is 0. The van der Waals surface area contributed by atoms with E-state index in [1.807, 2.05) is 0 Å². The predicted octanol–water partition coefficient (Wildman–Crippen LogP) is 3.05. The first-order valence-electron chi connectivity index (χ1n) is 7.42. The molecular formula is C16H24N2. The quantitative estimate of drug-likeness (QED) is 0.832. The van der Waals surface area contributed by atoms with Gasteiger partial charge in [-0.3, -0.25) is 0 Å². The molecule has 1 aromatic rings. The van der Waals surface area contributed by atoms with Crippen molar-refractivity contribution in [3.63, 3.8) is 0 Å². The Kier molecular flexibility index (Phi) is 3.55. The minimum absolute atomic E-state index is 0.753. The highest BCUT2D eigenvalue weighted by atomic mass is 15.0. The molecule has 0 aromatic heterocycles. The van der Waals surface area contributed by atoms with Crippen LogP contribution in [0.2, 0.25) is 0 Å². The Hall–Kier alpha value is -1.02. The van der Waals surface area contributed by atoms with Gasteiger partial charge in [0.2, 0.25) is 0 Å². The molecule has 0 bridgehead atoms. The van der Waals surface area contributed by atoms with Crippen LogP contribution in [0.5, 0.6) is 0 Å². The lowest BCUT2D eigenvalue weighted by atomic mass is 9.94. The lowest BCUT2D eigenvalue weighted by molar-refractivity contribution is 0.469. The van der Waals surface area contributed by atoms with Gasteiger partial charge in [0.05, 0.1) is 0 Å². The van der Waals surface area contributed by atoms with Gasteiger partial charge in [0.25, 0.3) is 0 Å². The maximum absolute atomic E-state index is 3.75. The van der Waals surface area contributed by atoms with Crippen molar-refractivity contribution in [3.8, 4) is 0 Å². The fourth-order valence-electron chi connectivity index (χ4n) is 3.16. The Morgan fingerprint density at radius 3 is 3.11 bits per heavy atom. The first-order valence-corrected chi connectivity index (χ1v) is 7.42. The van der Waals surface area contributed by atoms with Crippen molar-refractivity contribution in [1.29, 1.82) is 0 Å². The smallest absolute Gasteiger partial charge is 0.0372 e. The van der Waals surface area contributed by atoms with Crippen molar-refractivity contribution in [1.82, 2.24) is 5.32 Å². The highest BCUT2D eigenvalue weighted by molar-refractivity contribution is 5.53. The van der Waals surface area contributed by atoms with Gasteiger partial charge in [-0.25, -0.2) is 0 Å². The van der Waals surface area contributed by atoms with E-state index in [0.29, 0.717) is 0 Å². The molecule has 1 saturated carbocycles. The van der Waals surface area contributed by atoms with Gasteiger partial charge in [-0.15, -0.1) is 0 Å². The van der Waals surface area contributed by atoms with Crippen LogP contribution < -0.4 is 10.6 Å². The van der Waals surface area contributed by atoms with Crippen LogP contribution in [0, 0.1) is 11.8 Å². The number of benzene rings is 1. The van der Waals surface area contributed by atoms with Gasteiger partial charge < -0.3 is 10.6 Å². The van der Waals surface area contributed by atoms with Crippen LogP contribution in [0.25, 0.3) is 0 Å². The average molecular weight is 244 g/mol. The van der Waals surface area contributed by atoms with Gasteiger partial charge in [0.15, 0.2) is 0 Å². The van der Waals surface area contributed by atoms with E-state index in [-0.39, 0.29) is 0 Å². The fraction of sp³-hybridized carbons (Fsp3) is 0.625. The van der Waals surface area contributed by atoms with E-state index >= 15 is 0 Å². The maximum atomic E-state index is 3.75. The number of hydrogen-bond acceptors (Lipinski definition) is 2. The van der Waals surface area contributed by atoms with Crippen LogP contribution >= 0.6 is 0 Å². The van der Waals surface area contributed by atoms with Crippen LogP contribution in [-0.2, 0) is 6.42 Å². The summed E-state index contributed by atoms with van der Waals surface area (Å²) < 4.78 is 0. The molecule has 1 heterocycles. The second-order valence-corrected chi connectivity index (χ2v) is 5.91. The van der Waals surface area contributed by atoms with Crippen molar-refractivity contribution in [2.45, 2.75) is 38.6 Å². The van der Waals surface area contributed by atoms with Crippen molar-refractivity contribution in [2.75, 3.05) is 18.4 Å². The van der Waals surface area contributed by atoms with Crippen molar-refractivity contribution in [2.24, 2.45) is 11.8 Å². The summed E-state index contributed by atoms with van der Waals surface area (Å²) in [6.45, 7) is 4.58. The Labute approximate surface area is 110 Å². The summed E-state index contributed by atoms with van der Waals surface area (Å²) in [4.78, 5) is 0. The molecule has 1 aliphatic carbocycles. The summed E-state index contributed by atoms with van der Waals surface area (Å²) in [5.41, 5.74) is 2.82. The highest BCUT2D eigenvalue weighted by Crippen LogP contribution is 2.34. The molecule has 18 heavy (non-hydrogen) atoms. The Morgan fingerprint density at radius 2 is 2.22 bits per heavy atom. The zero-order valence-corrected chi connectivity index (χ0v) is 11.3. The minimum Gasteiger partial charge on any atom is -0.384 e. The number of rotatable bonds is 5. The predicted molar refractivity (Wildman–Crippen MR) is 76.9 cm³/mol. The third-order valence-electron chi connectivity index (χ3n) is 4.36. The van der Waals surface area contributed by atoms with Crippen molar-refractivity contribution < 1.29 is 0 Å². The molecule has 2 N–H and O–H groups in total. The second-order valence-electron chi connectivity index (χ2n) is 5.91. The maximum Gasteiger partial charge on any atom is 0.0372 e. The van der Waals surface area contributed by atoms with Gasteiger partial charge in [0, 0.05) is 24.8 Å². The molecule has 3 atom stereocenters. The van der Waals surface area contributed by atoms with Gasteiger partial charge in [-0.05, 0) is 42.7 Å². The molecule has 3 rings (SSSR count). The van der Waals surface area contributed by atoms with Crippen LogP contribution in [0.3, 0.4) is 0 Å². The Morgan fingerprint density at radius 1 is 1.33 bits per heavy atom. The standard InChI is InChI=1S/C16H24N2/c1-2-5-13-9-16(13)18-11-12-8-14-6-3-4-7-15(14)17-10-12/h3-4,6-7,12-13,16-18H,2,5,8-11H2,1H3. The van der Waals surface area contributed by atoms with E-state index in [2.05, 4.69) is 41.8 Å². The molecule has 0 saturated heterocycles. The second kappa shape index (κ2) is 5.31. The lowest BCUT2D eigenvalue weighted by Crippen LogP contribution is -2.33. The molecule has 2 aliphatic rings. The summed E-state index contributed by atoms with van der Waals surface area (Å²) >= 11 is 0. The molecule has 2 heteroatoms. The van der Waals surface area contributed by atoms with E-state index in [1.54, 1.807) is 0 Å². The topological polar surface area (TPSA) is 24.1 Å². The molecule has 1 fully saturated rings. The number of anilines is 1. The molecule has 3 unspecified atom stereocenters. The van der Waals surface area contributed by atoms with E-state index in [4.69, 9.17) is 0 Å². The molecule has 2 nitrogen and oxygen atoms in total. The minimum atomic E-state index is 0.753. The number of para-hydroxylation sites is 1. The zero-order chi connectivity index (χ0) is 12.4. The first kappa shape index (κ1) is 12.0. The molecule has 1 aliphatic heterocycles. The number of hydrogen-bond donors (Lipinski definition) is 2. The van der Waals surface area contributed by atoms with E-state index in [9.17, 15) is 0 Å². The zero-order valence-electron chi connectivity index (χ0n) is 11.3. The molecular weight excluding hydrogens is 220 g/mol. The molecule has 0 amide bonds. The summed E-state index contributed by atoms with van der Waals surface area (Å²) in [5, 5.41) is 7.31. The van der Waals surface area contributed by atoms with Gasteiger partial charge in [0.1, 0.15) is 0 Å². The first-order chi connectivity index (χ1) is 8.86. The van der Waals surface area contributed by atoms with E-state index in [0.717, 1.165) is 24.4 Å². The number of nitrogens with one attached hydrogen (secondary N) is 2. The largest absolute Gasteiger partial charge is 0.384 e. The molecule has 98 valence electrons. The third kappa shape index (κ3) is 2.69. The monoisotopic (exact) mass is 244 g/mol. The molecule has 0 spiro atoms. The normalized spacial score (nSPS) is 29.5. The lowest BCUT2D eigenvalue weighted by Gasteiger charge is -2.26. The average Bonchev–Trinajstić information content (AvgIpc) is 3.15. The summed E-state index contributed by atoms with van der Waals surface area (Å²) in [5.74, 6) is 1.72. The van der Waals surface area contributed by atoms with Crippen LogP contribution in [-0.4, -0.2) is 19.1 Å². The van der Waals surface area contributed by atoms with E-state index in [1.165, 1.54) is 43.5 Å². The Bertz CT molecular complexity index is 402. The third-order valence-corrected chi connectivity index (χ3v) is 4.36. The highest BCUT2D eigenvalue weighted by Gasteiger charge is 2.35. The fourth-order valence-corrected chi connectivity index (χ4v) is 3.16. The van der Waals surface area contributed by atoms with Crippen molar-refractivity contribution in [3.05, 3.63) is 29.8 Å². The molecule has 1 aromatic carbocycles. The van der Waals surface area contributed by atoms with Crippen LogP contribution in [0.4, 0.5) is 5.69 Å². The van der Waals surface area contributed by atoms with Gasteiger partial charge >= 0.3 is 0 Å². The van der Waals surface area contributed by atoms with Gasteiger partial charge in [-0.2, -0.15) is 0 Å². The van der Waals surface area contributed by atoms with Crippen molar-refractivity contribution >= 4 is 5.69 Å². The summed E-state index contributed by atoms with van der Waals surface area (Å²) in [6, 6.07) is 9.53. The number of fused-ring (bicyclic) bond motifs is 1. The SMILES string of the molecule is CCCC1CC1NCC1CNc2ccccc2C1. The Balaban J connectivity index is 1.46. The van der Waals surface area contributed by atoms with Crippen LogP contribution in [0.15, 0.2) is 24.3 Å². The van der Waals surface area contributed by atoms with Gasteiger partial charge in [-0.1, -0.05) is 31.5 Å². The molecule has 0 radical (unpaired) electrons. The van der Waals surface area contributed by atoms with Crippen LogP contribution in [0.1, 0.15) is 31.7 Å². The summed E-state index contributed by atoms with van der Waals surface area (Å²) in [6.07, 6.45) is 5.37. The van der Waals surface area contributed by atoms with E-state index < -0.39 is 0 Å².